The lowest BCUT2D eigenvalue weighted by molar-refractivity contribution is -0.136. The highest BCUT2D eigenvalue weighted by molar-refractivity contribution is 6.31. The number of amides is 2. The highest BCUT2D eigenvalue weighted by Crippen LogP contribution is 2.38. The molecule has 8 heteroatoms. The summed E-state index contributed by atoms with van der Waals surface area (Å²) in [5.74, 6) is 1.03. The van der Waals surface area contributed by atoms with Gasteiger partial charge >= 0.3 is 0 Å². The summed E-state index contributed by atoms with van der Waals surface area (Å²) in [4.78, 5) is 30.3. The van der Waals surface area contributed by atoms with E-state index in [4.69, 9.17) is 32.4 Å². The number of likely N-dealkylation sites (tertiary alicyclic amines) is 2. The van der Waals surface area contributed by atoms with Gasteiger partial charge in [0.2, 0.25) is 5.91 Å². The van der Waals surface area contributed by atoms with Crippen molar-refractivity contribution in [1.29, 1.82) is 0 Å². The first-order valence-electron chi connectivity index (χ1n) is 12.6. The van der Waals surface area contributed by atoms with Crippen LogP contribution in [0.5, 0.6) is 5.75 Å². The molecule has 5 rings (SSSR count). The molecule has 0 atom stereocenters. The number of piperidine rings is 2. The van der Waals surface area contributed by atoms with Crippen LogP contribution in [0.2, 0.25) is 10.0 Å². The van der Waals surface area contributed by atoms with E-state index in [1.54, 1.807) is 36.4 Å². The third-order valence-corrected chi connectivity index (χ3v) is 7.85. The second-order valence-corrected chi connectivity index (χ2v) is 10.8. The molecule has 3 aromatic rings. The largest absolute Gasteiger partial charge is 0.493 e. The van der Waals surface area contributed by atoms with Crippen LogP contribution in [0.4, 0.5) is 0 Å². The number of nitrogens with zero attached hydrogens (tertiary/aromatic N) is 2. The quantitative estimate of drug-likeness (QED) is 0.369. The van der Waals surface area contributed by atoms with E-state index in [1.165, 1.54) is 6.42 Å². The van der Waals surface area contributed by atoms with Crippen LogP contribution in [0, 0.1) is 5.41 Å². The van der Waals surface area contributed by atoms with E-state index in [1.807, 2.05) is 21.9 Å². The molecule has 0 bridgehead atoms. The van der Waals surface area contributed by atoms with Gasteiger partial charge < -0.3 is 19.0 Å². The Labute approximate surface area is 221 Å². The minimum atomic E-state index is -0.352. The van der Waals surface area contributed by atoms with E-state index < -0.39 is 0 Å². The fourth-order valence-corrected chi connectivity index (χ4v) is 5.56. The smallest absolute Gasteiger partial charge is 0.289 e. The van der Waals surface area contributed by atoms with Gasteiger partial charge in [-0.1, -0.05) is 29.3 Å². The van der Waals surface area contributed by atoms with E-state index in [0.29, 0.717) is 66.1 Å². The maximum atomic E-state index is 13.2. The molecule has 0 unspecified atom stereocenters. The van der Waals surface area contributed by atoms with E-state index in [-0.39, 0.29) is 17.2 Å². The zero-order valence-corrected chi connectivity index (χ0v) is 21.7. The number of rotatable bonds is 6. The van der Waals surface area contributed by atoms with Crippen molar-refractivity contribution in [2.75, 3.05) is 32.8 Å². The molecule has 2 aromatic carbocycles. The first-order valence-corrected chi connectivity index (χ1v) is 13.3. The monoisotopic (exact) mass is 528 g/mol. The van der Waals surface area contributed by atoms with Crippen molar-refractivity contribution in [2.45, 2.75) is 38.5 Å². The van der Waals surface area contributed by atoms with Crippen LogP contribution in [-0.4, -0.2) is 54.4 Å². The second-order valence-electron chi connectivity index (χ2n) is 9.95. The zero-order chi connectivity index (χ0) is 25.1. The molecule has 2 saturated heterocycles. The average Bonchev–Trinajstić information content (AvgIpc) is 3.31. The van der Waals surface area contributed by atoms with Crippen LogP contribution in [0.25, 0.3) is 11.0 Å². The lowest BCUT2D eigenvalue weighted by Crippen LogP contribution is -2.48. The number of hydrogen-bond acceptors (Lipinski definition) is 4. The topological polar surface area (TPSA) is 63.0 Å². The molecule has 2 aliphatic heterocycles. The Morgan fingerprint density at radius 3 is 2.39 bits per heavy atom. The first kappa shape index (κ1) is 25.0. The van der Waals surface area contributed by atoms with E-state index >= 15 is 0 Å². The molecule has 0 saturated carbocycles. The normalized spacial score (nSPS) is 17.8. The summed E-state index contributed by atoms with van der Waals surface area (Å²) in [6.45, 7) is 3.11. The highest BCUT2D eigenvalue weighted by atomic mass is 35.5. The molecule has 36 heavy (non-hydrogen) atoms. The Kier molecular flexibility index (Phi) is 7.44. The van der Waals surface area contributed by atoms with E-state index in [2.05, 4.69) is 0 Å². The van der Waals surface area contributed by atoms with Gasteiger partial charge in [-0.2, -0.15) is 0 Å². The van der Waals surface area contributed by atoms with Gasteiger partial charge in [0.05, 0.1) is 6.61 Å². The number of carbonyl (C=O) groups is 2. The zero-order valence-electron chi connectivity index (χ0n) is 20.2. The lowest BCUT2D eigenvalue weighted by atomic mass is 9.75. The first-order chi connectivity index (χ1) is 17.4. The molecule has 0 N–H and O–H groups in total. The summed E-state index contributed by atoms with van der Waals surface area (Å²) in [5.41, 5.74) is 0.283. The Balaban J connectivity index is 1.29. The molecule has 6 nitrogen and oxygen atoms in total. The molecule has 1 aromatic heterocycles. The summed E-state index contributed by atoms with van der Waals surface area (Å²) >= 11 is 12.2. The van der Waals surface area contributed by atoms with Gasteiger partial charge in [0.1, 0.15) is 11.3 Å². The van der Waals surface area contributed by atoms with Gasteiger partial charge in [-0.05, 0) is 74.6 Å². The Bertz CT molecular complexity index is 1240. The number of carbonyl (C=O) groups excluding carboxylic acids is 2. The third kappa shape index (κ3) is 5.65. The molecule has 0 spiro atoms. The van der Waals surface area contributed by atoms with Gasteiger partial charge in [0.15, 0.2) is 5.76 Å². The summed E-state index contributed by atoms with van der Waals surface area (Å²) in [6.07, 6.45) is 5.05. The number of ether oxygens (including phenoxy) is 1. The third-order valence-electron chi connectivity index (χ3n) is 7.38. The highest BCUT2D eigenvalue weighted by Gasteiger charge is 2.40. The SMILES string of the molecule is O=C(CC1(COc2cccc(Cl)c2)CCN(C(=O)c2cc3cc(Cl)ccc3o2)CC1)N1CCCCC1. The summed E-state index contributed by atoms with van der Waals surface area (Å²) in [6, 6.07) is 14.4. The summed E-state index contributed by atoms with van der Waals surface area (Å²) < 4.78 is 12.0. The van der Waals surface area contributed by atoms with Crippen molar-refractivity contribution in [1.82, 2.24) is 9.80 Å². The van der Waals surface area contributed by atoms with Gasteiger partial charge in [-0.25, -0.2) is 0 Å². The van der Waals surface area contributed by atoms with Gasteiger partial charge in [0, 0.05) is 53.4 Å². The molecule has 190 valence electrons. The molecular formula is C28H30Cl2N2O4. The summed E-state index contributed by atoms with van der Waals surface area (Å²) in [5, 5.41) is 2.01. The average molecular weight is 529 g/mol. The number of benzene rings is 2. The van der Waals surface area contributed by atoms with Crippen molar-refractivity contribution in [3.8, 4) is 5.75 Å². The predicted octanol–water partition coefficient (Wildman–Crippen LogP) is 6.44. The van der Waals surface area contributed by atoms with Gasteiger partial charge in [-0.15, -0.1) is 0 Å². The number of hydrogen-bond donors (Lipinski definition) is 0. The standard InChI is InChI=1S/C28H30Cl2N2O4/c29-21-5-4-6-23(17-21)35-19-28(18-26(33)31-11-2-1-3-12-31)9-13-32(14-10-28)27(34)25-16-20-15-22(30)7-8-24(20)36-25/h4-8,15-17H,1-3,9-14,18-19H2. The van der Waals surface area contributed by atoms with Crippen molar-refractivity contribution in [3.63, 3.8) is 0 Å². The van der Waals surface area contributed by atoms with Crippen LogP contribution < -0.4 is 4.74 Å². The molecule has 0 aliphatic carbocycles. The van der Waals surface area contributed by atoms with Gasteiger partial charge in [0.25, 0.3) is 5.91 Å². The van der Waals surface area contributed by atoms with Crippen molar-refractivity contribution < 1.29 is 18.7 Å². The van der Waals surface area contributed by atoms with E-state index in [0.717, 1.165) is 31.3 Å². The number of fused-ring (bicyclic) bond motifs is 1. The van der Waals surface area contributed by atoms with E-state index in [9.17, 15) is 9.59 Å². The van der Waals surface area contributed by atoms with Gasteiger partial charge in [-0.3, -0.25) is 9.59 Å². The van der Waals surface area contributed by atoms with Crippen molar-refractivity contribution in [3.05, 3.63) is 64.3 Å². The Morgan fingerprint density at radius 2 is 1.64 bits per heavy atom. The molecule has 2 aliphatic rings. The van der Waals surface area contributed by atoms with Crippen LogP contribution in [0.15, 0.2) is 52.9 Å². The fraction of sp³-hybridized carbons (Fsp3) is 0.429. The molecular weight excluding hydrogens is 499 g/mol. The molecule has 0 radical (unpaired) electrons. The lowest BCUT2D eigenvalue weighted by Gasteiger charge is -2.42. The fourth-order valence-electron chi connectivity index (χ4n) is 5.20. The molecule has 2 fully saturated rings. The Hall–Kier alpha value is -2.70. The summed E-state index contributed by atoms with van der Waals surface area (Å²) in [7, 11) is 0. The number of halogens is 2. The Morgan fingerprint density at radius 1 is 0.889 bits per heavy atom. The van der Waals surface area contributed by atoms with Crippen LogP contribution >= 0.6 is 23.2 Å². The van der Waals surface area contributed by atoms with Crippen LogP contribution in [0.1, 0.15) is 49.1 Å². The van der Waals surface area contributed by atoms with Crippen molar-refractivity contribution in [2.24, 2.45) is 5.41 Å². The van der Waals surface area contributed by atoms with Crippen LogP contribution in [0.3, 0.4) is 0 Å². The molecule has 2 amide bonds. The molecule has 3 heterocycles. The minimum absolute atomic E-state index is 0.144. The number of furan rings is 1. The van der Waals surface area contributed by atoms with Crippen LogP contribution in [-0.2, 0) is 4.79 Å². The van der Waals surface area contributed by atoms with Crippen molar-refractivity contribution >= 4 is 46.0 Å². The maximum absolute atomic E-state index is 13.2. The second kappa shape index (κ2) is 10.7. The predicted molar refractivity (Wildman–Crippen MR) is 141 cm³/mol. The maximum Gasteiger partial charge on any atom is 0.289 e. The minimum Gasteiger partial charge on any atom is -0.493 e.